The molecule has 0 N–H and O–H groups in total. The number of likely N-dealkylation sites (N-methyl/N-ethyl adjacent to an activating group) is 1. The highest BCUT2D eigenvalue weighted by Crippen LogP contribution is 2.36. The van der Waals surface area contributed by atoms with Crippen molar-refractivity contribution in [2.45, 2.75) is 33.6 Å². The lowest BCUT2D eigenvalue weighted by Gasteiger charge is -2.32. The summed E-state index contributed by atoms with van der Waals surface area (Å²) in [7, 11) is 0. The van der Waals surface area contributed by atoms with Crippen LogP contribution in [0.3, 0.4) is 0 Å². The quantitative estimate of drug-likeness (QED) is 0.525. The van der Waals surface area contributed by atoms with Crippen molar-refractivity contribution < 1.29 is 4.79 Å². The predicted octanol–water partition coefficient (Wildman–Crippen LogP) is 5.00. The van der Waals surface area contributed by atoms with Gasteiger partial charge in [0.05, 0.1) is 10.4 Å². The molecule has 2 fully saturated rings. The largest absolute Gasteiger partial charge is 0.356 e. The van der Waals surface area contributed by atoms with Crippen LogP contribution in [0.5, 0.6) is 0 Å². The second kappa shape index (κ2) is 7.84. The van der Waals surface area contributed by atoms with E-state index in [1.165, 1.54) is 30.2 Å². The molecule has 2 saturated heterocycles. The highest BCUT2D eigenvalue weighted by molar-refractivity contribution is 8.26. The van der Waals surface area contributed by atoms with E-state index >= 15 is 0 Å². The molecule has 2 aliphatic rings. The summed E-state index contributed by atoms with van der Waals surface area (Å²) in [5, 5.41) is 1.10. The molecule has 0 unspecified atom stereocenters. The number of thioether (sulfide) groups is 1. The van der Waals surface area contributed by atoms with E-state index in [9.17, 15) is 4.79 Å². The molecule has 6 heteroatoms. The molecule has 4 nitrogen and oxygen atoms in total. The normalized spacial score (nSPS) is 20.0. The zero-order valence-electron chi connectivity index (χ0n) is 16.6. The minimum absolute atomic E-state index is 0.0000514. The number of piperidine rings is 1. The van der Waals surface area contributed by atoms with Crippen molar-refractivity contribution in [1.29, 1.82) is 0 Å². The number of hydrogen-bond donors (Lipinski definition) is 0. The number of pyridine rings is 1. The van der Waals surface area contributed by atoms with Crippen molar-refractivity contribution in [2.24, 2.45) is 5.92 Å². The van der Waals surface area contributed by atoms with Crippen LogP contribution in [0.1, 0.15) is 37.8 Å². The Morgan fingerprint density at radius 2 is 2.07 bits per heavy atom. The third kappa shape index (κ3) is 3.55. The van der Waals surface area contributed by atoms with Gasteiger partial charge in [-0.3, -0.25) is 9.69 Å². The number of fused-ring (bicyclic) bond motifs is 1. The number of hydrogen-bond acceptors (Lipinski definition) is 5. The maximum atomic E-state index is 12.7. The Hall–Kier alpha value is -1.92. The number of para-hydroxylation sites is 1. The number of thiocarbonyl (C=S) groups is 1. The minimum Gasteiger partial charge on any atom is -0.356 e. The molecule has 0 aliphatic carbocycles. The number of rotatable bonds is 3. The number of aryl methyl sites for hydroxylation is 1. The van der Waals surface area contributed by atoms with Gasteiger partial charge in [-0.1, -0.05) is 49.1 Å². The summed E-state index contributed by atoms with van der Waals surface area (Å²) in [6, 6.07) is 8.42. The van der Waals surface area contributed by atoms with E-state index in [1.54, 1.807) is 4.90 Å². The lowest BCUT2D eigenvalue weighted by atomic mass is 9.98. The van der Waals surface area contributed by atoms with Gasteiger partial charge in [0.2, 0.25) is 0 Å². The summed E-state index contributed by atoms with van der Waals surface area (Å²) >= 11 is 6.76. The third-order valence-corrected chi connectivity index (χ3v) is 6.99. The molecular formula is C22H25N3OS2. The molecule has 0 atom stereocenters. The van der Waals surface area contributed by atoms with E-state index in [1.807, 2.05) is 13.0 Å². The molecule has 2 aliphatic heterocycles. The van der Waals surface area contributed by atoms with Crippen LogP contribution in [0, 0.1) is 12.8 Å². The molecule has 0 bridgehead atoms. The van der Waals surface area contributed by atoms with Crippen molar-refractivity contribution in [3.63, 3.8) is 0 Å². The van der Waals surface area contributed by atoms with Gasteiger partial charge < -0.3 is 4.90 Å². The number of aromatic nitrogens is 1. The van der Waals surface area contributed by atoms with Gasteiger partial charge in [-0.2, -0.15) is 0 Å². The van der Waals surface area contributed by atoms with Crippen LogP contribution in [0.15, 0.2) is 29.2 Å². The van der Waals surface area contributed by atoms with Gasteiger partial charge in [0.15, 0.2) is 0 Å². The molecule has 3 heterocycles. The Labute approximate surface area is 176 Å². The Kier molecular flexibility index (Phi) is 5.43. The van der Waals surface area contributed by atoms with Crippen LogP contribution in [0.2, 0.25) is 0 Å². The first-order chi connectivity index (χ1) is 13.5. The molecule has 0 saturated carbocycles. The smallest absolute Gasteiger partial charge is 0.266 e. The molecule has 0 spiro atoms. The molecule has 146 valence electrons. The Morgan fingerprint density at radius 1 is 1.32 bits per heavy atom. The number of amides is 1. The van der Waals surface area contributed by atoms with Crippen LogP contribution in [0.25, 0.3) is 17.0 Å². The maximum Gasteiger partial charge on any atom is 0.266 e. The van der Waals surface area contributed by atoms with Crippen LogP contribution < -0.4 is 4.90 Å². The first-order valence-electron chi connectivity index (χ1n) is 9.88. The fourth-order valence-corrected chi connectivity index (χ4v) is 5.22. The summed E-state index contributed by atoms with van der Waals surface area (Å²) in [5.41, 5.74) is 3.21. The summed E-state index contributed by atoms with van der Waals surface area (Å²) in [6.07, 6.45) is 4.33. The summed E-state index contributed by atoms with van der Waals surface area (Å²) < 4.78 is 0.636. The number of anilines is 1. The Morgan fingerprint density at radius 3 is 2.75 bits per heavy atom. The predicted molar refractivity (Wildman–Crippen MR) is 123 cm³/mol. The van der Waals surface area contributed by atoms with Crippen molar-refractivity contribution >= 4 is 57.0 Å². The number of nitrogens with zero attached hydrogens (tertiary/aromatic N) is 3. The first-order valence-corrected chi connectivity index (χ1v) is 11.1. The standard InChI is InChI=1S/C22H25N3OS2/c1-4-25-21(26)18(28-22(25)27)13-17-12-16-7-5-6-15(3)19(16)23-20(17)24-10-8-14(2)9-11-24/h5-7,12-14H,4,8-11H2,1-3H3/b18-13-. The fraction of sp³-hybridized carbons (Fsp3) is 0.409. The molecule has 0 radical (unpaired) electrons. The van der Waals surface area contributed by atoms with E-state index in [0.29, 0.717) is 15.8 Å². The molecular weight excluding hydrogens is 386 g/mol. The zero-order chi connectivity index (χ0) is 19.8. The number of carbonyl (C=O) groups is 1. The van der Waals surface area contributed by atoms with Crippen molar-refractivity contribution in [3.8, 4) is 0 Å². The van der Waals surface area contributed by atoms with E-state index in [2.05, 4.69) is 43.0 Å². The number of carbonyl (C=O) groups excluding carboxylic acids is 1. The van der Waals surface area contributed by atoms with E-state index in [0.717, 1.165) is 41.3 Å². The van der Waals surface area contributed by atoms with Crippen LogP contribution >= 0.6 is 24.0 Å². The molecule has 28 heavy (non-hydrogen) atoms. The second-order valence-corrected chi connectivity index (χ2v) is 9.32. The van der Waals surface area contributed by atoms with E-state index in [4.69, 9.17) is 17.2 Å². The fourth-order valence-electron chi connectivity index (χ4n) is 3.85. The van der Waals surface area contributed by atoms with Gasteiger partial charge in [-0.15, -0.1) is 0 Å². The average Bonchev–Trinajstić information content (AvgIpc) is 2.95. The topological polar surface area (TPSA) is 36.4 Å². The van der Waals surface area contributed by atoms with Crippen molar-refractivity contribution in [2.75, 3.05) is 24.5 Å². The van der Waals surface area contributed by atoms with Crippen molar-refractivity contribution in [3.05, 3.63) is 40.3 Å². The lowest BCUT2D eigenvalue weighted by Crippen LogP contribution is -2.34. The Bertz CT molecular complexity index is 977. The van der Waals surface area contributed by atoms with Gasteiger partial charge in [0.1, 0.15) is 10.1 Å². The van der Waals surface area contributed by atoms with E-state index < -0.39 is 0 Å². The van der Waals surface area contributed by atoms with Gasteiger partial charge in [0.25, 0.3) is 5.91 Å². The monoisotopic (exact) mass is 411 g/mol. The van der Waals surface area contributed by atoms with Gasteiger partial charge in [-0.05, 0) is 50.3 Å². The second-order valence-electron chi connectivity index (χ2n) is 7.64. The van der Waals surface area contributed by atoms with Gasteiger partial charge in [0, 0.05) is 30.6 Å². The zero-order valence-corrected chi connectivity index (χ0v) is 18.2. The molecule has 1 amide bonds. The Balaban J connectivity index is 1.82. The van der Waals surface area contributed by atoms with Crippen LogP contribution in [-0.2, 0) is 4.79 Å². The summed E-state index contributed by atoms with van der Waals surface area (Å²) in [6.45, 7) is 8.98. The minimum atomic E-state index is 0.0000514. The maximum absolute atomic E-state index is 12.7. The molecule has 4 rings (SSSR count). The first kappa shape index (κ1) is 19.4. The third-order valence-electron chi connectivity index (χ3n) is 5.62. The van der Waals surface area contributed by atoms with Crippen molar-refractivity contribution in [1.82, 2.24) is 9.88 Å². The number of benzene rings is 1. The summed E-state index contributed by atoms with van der Waals surface area (Å²) in [5.74, 6) is 1.73. The van der Waals surface area contributed by atoms with E-state index in [-0.39, 0.29) is 5.91 Å². The molecule has 1 aromatic heterocycles. The summed E-state index contributed by atoms with van der Waals surface area (Å²) in [4.78, 5) is 22.5. The van der Waals surface area contributed by atoms with Gasteiger partial charge in [-0.25, -0.2) is 4.98 Å². The van der Waals surface area contributed by atoms with Crippen LogP contribution in [-0.4, -0.2) is 39.7 Å². The molecule has 2 aromatic rings. The van der Waals surface area contributed by atoms with Crippen LogP contribution in [0.4, 0.5) is 5.82 Å². The SMILES string of the molecule is CCN1C(=O)/C(=C/c2cc3cccc(C)c3nc2N2CCC(C)CC2)SC1=S. The highest BCUT2D eigenvalue weighted by Gasteiger charge is 2.31. The average molecular weight is 412 g/mol. The lowest BCUT2D eigenvalue weighted by molar-refractivity contribution is -0.121. The highest BCUT2D eigenvalue weighted by atomic mass is 32.2. The molecule has 1 aromatic carbocycles. The van der Waals surface area contributed by atoms with Gasteiger partial charge >= 0.3 is 0 Å².